The van der Waals surface area contributed by atoms with Crippen molar-refractivity contribution in [1.82, 2.24) is 0 Å². The standard InChI is InChI=1S/C6H13NO/c1-3-4-6(8)5(2)7/h3,5-6,8H,1,4,7H2,2H3/t5-,6-/m0/s1. The Kier molecular flexibility index (Phi) is 3.48. The van der Waals surface area contributed by atoms with Crippen LogP contribution in [0.25, 0.3) is 0 Å². The Morgan fingerprint density at radius 1 is 1.88 bits per heavy atom. The molecule has 0 aliphatic heterocycles. The van der Waals surface area contributed by atoms with Gasteiger partial charge in [-0.05, 0) is 13.3 Å². The van der Waals surface area contributed by atoms with Crippen LogP contribution in [0.1, 0.15) is 13.3 Å². The Morgan fingerprint density at radius 3 is 2.50 bits per heavy atom. The molecular weight excluding hydrogens is 102 g/mol. The molecule has 0 saturated carbocycles. The summed E-state index contributed by atoms with van der Waals surface area (Å²) >= 11 is 0. The highest BCUT2D eigenvalue weighted by atomic mass is 16.3. The van der Waals surface area contributed by atoms with E-state index in [-0.39, 0.29) is 6.04 Å². The predicted octanol–water partition coefficient (Wildman–Crippen LogP) is 0.271. The van der Waals surface area contributed by atoms with Crippen molar-refractivity contribution in [3.63, 3.8) is 0 Å². The molecule has 0 aromatic heterocycles. The van der Waals surface area contributed by atoms with E-state index < -0.39 is 6.10 Å². The van der Waals surface area contributed by atoms with E-state index in [0.29, 0.717) is 6.42 Å². The summed E-state index contributed by atoms with van der Waals surface area (Å²) in [6.45, 7) is 5.24. The van der Waals surface area contributed by atoms with Gasteiger partial charge in [0.1, 0.15) is 0 Å². The molecule has 2 atom stereocenters. The van der Waals surface area contributed by atoms with E-state index in [2.05, 4.69) is 6.58 Å². The number of nitrogens with two attached hydrogens (primary N) is 1. The second kappa shape index (κ2) is 3.64. The van der Waals surface area contributed by atoms with Crippen molar-refractivity contribution < 1.29 is 5.11 Å². The normalized spacial score (nSPS) is 17.4. The minimum atomic E-state index is -0.424. The van der Waals surface area contributed by atoms with Gasteiger partial charge in [-0.3, -0.25) is 0 Å². The zero-order valence-corrected chi connectivity index (χ0v) is 5.17. The fourth-order valence-corrected chi connectivity index (χ4v) is 0.385. The summed E-state index contributed by atoms with van der Waals surface area (Å²) in [6.07, 6.45) is 1.82. The molecule has 0 saturated heterocycles. The third-order valence-corrected chi connectivity index (χ3v) is 1.02. The van der Waals surface area contributed by atoms with Gasteiger partial charge in [-0.2, -0.15) is 0 Å². The van der Waals surface area contributed by atoms with Gasteiger partial charge >= 0.3 is 0 Å². The van der Waals surface area contributed by atoms with Gasteiger partial charge in [-0.1, -0.05) is 6.08 Å². The second-order valence-electron chi connectivity index (χ2n) is 1.95. The highest BCUT2D eigenvalue weighted by Gasteiger charge is 2.04. The number of aliphatic hydroxyl groups is 1. The van der Waals surface area contributed by atoms with Crippen LogP contribution >= 0.6 is 0 Å². The molecule has 48 valence electrons. The SMILES string of the molecule is C=CC[C@H](O)[C@H](C)N. The first kappa shape index (κ1) is 7.66. The van der Waals surface area contributed by atoms with Crippen LogP contribution in [-0.2, 0) is 0 Å². The minimum absolute atomic E-state index is 0.145. The summed E-state index contributed by atoms with van der Waals surface area (Å²) < 4.78 is 0. The molecule has 0 unspecified atom stereocenters. The number of aliphatic hydroxyl groups excluding tert-OH is 1. The third-order valence-electron chi connectivity index (χ3n) is 1.02. The molecule has 3 N–H and O–H groups in total. The fourth-order valence-electron chi connectivity index (χ4n) is 0.385. The molecule has 0 aromatic carbocycles. The Hall–Kier alpha value is -0.340. The molecule has 0 rings (SSSR count). The van der Waals surface area contributed by atoms with Gasteiger partial charge in [0.25, 0.3) is 0 Å². The molecule has 0 bridgehead atoms. The van der Waals surface area contributed by atoms with Crippen molar-refractivity contribution in [2.24, 2.45) is 5.73 Å². The van der Waals surface area contributed by atoms with Gasteiger partial charge in [0, 0.05) is 6.04 Å². The number of rotatable bonds is 3. The van der Waals surface area contributed by atoms with Crippen molar-refractivity contribution in [3.8, 4) is 0 Å². The Balaban J connectivity index is 3.30. The van der Waals surface area contributed by atoms with E-state index in [4.69, 9.17) is 10.8 Å². The summed E-state index contributed by atoms with van der Waals surface area (Å²) in [5.41, 5.74) is 5.32. The highest BCUT2D eigenvalue weighted by Crippen LogP contribution is 1.94. The average molecular weight is 115 g/mol. The molecule has 2 nitrogen and oxygen atoms in total. The van der Waals surface area contributed by atoms with Crippen molar-refractivity contribution in [2.75, 3.05) is 0 Å². The molecule has 0 aliphatic carbocycles. The Labute approximate surface area is 50.0 Å². The molecule has 0 spiro atoms. The number of hydrogen-bond donors (Lipinski definition) is 2. The smallest absolute Gasteiger partial charge is 0.0722 e. The molecule has 0 amide bonds. The van der Waals surface area contributed by atoms with Crippen molar-refractivity contribution >= 4 is 0 Å². The van der Waals surface area contributed by atoms with Gasteiger partial charge in [-0.15, -0.1) is 6.58 Å². The van der Waals surface area contributed by atoms with Gasteiger partial charge in [0.05, 0.1) is 6.10 Å². The van der Waals surface area contributed by atoms with Crippen molar-refractivity contribution in [2.45, 2.75) is 25.5 Å². The predicted molar refractivity (Wildman–Crippen MR) is 34.5 cm³/mol. The molecule has 0 radical (unpaired) electrons. The van der Waals surface area contributed by atoms with Gasteiger partial charge in [0.15, 0.2) is 0 Å². The lowest BCUT2D eigenvalue weighted by Crippen LogP contribution is -2.30. The van der Waals surface area contributed by atoms with Gasteiger partial charge < -0.3 is 10.8 Å². The Morgan fingerprint density at radius 2 is 2.38 bits per heavy atom. The maximum Gasteiger partial charge on any atom is 0.0722 e. The van der Waals surface area contributed by atoms with Crippen LogP contribution in [-0.4, -0.2) is 17.3 Å². The topological polar surface area (TPSA) is 46.2 Å². The highest BCUT2D eigenvalue weighted by molar-refractivity contribution is 4.76. The van der Waals surface area contributed by atoms with Crippen LogP contribution in [0.3, 0.4) is 0 Å². The van der Waals surface area contributed by atoms with E-state index in [0.717, 1.165) is 0 Å². The van der Waals surface area contributed by atoms with Crippen molar-refractivity contribution in [3.05, 3.63) is 12.7 Å². The summed E-state index contributed by atoms with van der Waals surface area (Å²) in [5.74, 6) is 0. The van der Waals surface area contributed by atoms with Crippen LogP contribution in [0, 0.1) is 0 Å². The van der Waals surface area contributed by atoms with E-state index in [1.54, 1.807) is 13.0 Å². The zero-order chi connectivity index (χ0) is 6.57. The van der Waals surface area contributed by atoms with Gasteiger partial charge in [0.2, 0.25) is 0 Å². The summed E-state index contributed by atoms with van der Waals surface area (Å²) in [5, 5.41) is 8.93. The molecule has 0 heterocycles. The maximum atomic E-state index is 8.93. The summed E-state index contributed by atoms with van der Waals surface area (Å²) in [7, 11) is 0. The maximum absolute atomic E-state index is 8.93. The van der Waals surface area contributed by atoms with Crippen LogP contribution in [0.4, 0.5) is 0 Å². The van der Waals surface area contributed by atoms with E-state index in [1.165, 1.54) is 0 Å². The first-order chi connectivity index (χ1) is 3.68. The zero-order valence-electron chi connectivity index (χ0n) is 5.17. The largest absolute Gasteiger partial charge is 0.391 e. The monoisotopic (exact) mass is 115 g/mol. The van der Waals surface area contributed by atoms with E-state index >= 15 is 0 Å². The Bertz CT molecular complexity index is 70.9. The molecule has 0 fully saturated rings. The van der Waals surface area contributed by atoms with Crippen LogP contribution in [0.2, 0.25) is 0 Å². The third kappa shape index (κ3) is 2.77. The first-order valence-corrected chi connectivity index (χ1v) is 2.73. The lowest BCUT2D eigenvalue weighted by molar-refractivity contribution is 0.154. The van der Waals surface area contributed by atoms with Gasteiger partial charge in [-0.25, -0.2) is 0 Å². The minimum Gasteiger partial charge on any atom is -0.391 e. The van der Waals surface area contributed by atoms with Crippen molar-refractivity contribution in [1.29, 1.82) is 0 Å². The fraction of sp³-hybridized carbons (Fsp3) is 0.667. The average Bonchev–Trinajstić information content (AvgIpc) is 1.67. The quantitative estimate of drug-likeness (QED) is 0.519. The van der Waals surface area contributed by atoms with Crippen LogP contribution < -0.4 is 5.73 Å². The molecule has 0 aliphatic rings. The lowest BCUT2D eigenvalue weighted by Gasteiger charge is -2.10. The van der Waals surface area contributed by atoms with E-state index in [1.807, 2.05) is 0 Å². The first-order valence-electron chi connectivity index (χ1n) is 2.73. The molecule has 2 heteroatoms. The lowest BCUT2D eigenvalue weighted by atomic mass is 10.1. The van der Waals surface area contributed by atoms with Crippen LogP contribution in [0.15, 0.2) is 12.7 Å². The second-order valence-corrected chi connectivity index (χ2v) is 1.95. The molecule has 0 aromatic rings. The van der Waals surface area contributed by atoms with Crippen LogP contribution in [0.5, 0.6) is 0 Å². The molecular formula is C6H13NO. The summed E-state index contributed by atoms with van der Waals surface area (Å²) in [6, 6.07) is -0.145. The summed E-state index contributed by atoms with van der Waals surface area (Å²) in [4.78, 5) is 0. The van der Waals surface area contributed by atoms with E-state index in [9.17, 15) is 0 Å². The number of hydrogen-bond acceptors (Lipinski definition) is 2. The molecule has 8 heavy (non-hydrogen) atoms.